The highest BCUT2D eigenvalue weighted by Gasteiger charge is 2.31. The summed E-state index contributed by atoms with van der Waals surface area (Å²) in [5.41, 5.74) is 0. The van der Waals surface area contributed by atoms with Crippen LogP contribution in [0.25, 0.3) is 0 Å². The van der Waals surface area contributed by atoms with Crippen molar-refractivity contribution in [3.63, 3.8) is 0 Å². The summed E-state index contributed by atoms with van der Waals surface area (Å²) in [7, 11) is 0. The highest BCUT2D eigenvalue weighted by molar-refractivity contribution is 5.77. The summed E-state index contributed by atoms with van der Waals surface area (Å²) in [5.74, 6) is -0.440. The largest absolute Gasteiger partial charge is 0.401 e. The number of nitrogens with one attached hydrogen (secondary N) is 1. The summed E-state index contributed by atoms with van der Waals surface area (Å²) < 4.78 is 36.4. The quantitative estimate of drug-likeness (QED) is 0.678. The van der Waals surface area contributed by atoms with E-state index < -0.39 is 18.6 Å². The lowest BCUT2D eigenvalue weighted by molar-refractivity contribution is -0.149. The second-order valence-corrected chi connectivity index (χ2v) is 3.36. The number of likely N-dealkylation sites (N-methyl/N-ethyl adjacent to an activating group) is 1. The van der Waals surface area contributed by atoms with Crippen molar-refractivity contribution in [2.45, 2.75) is 19.5 Å². The molecule has 0 aromatic rings. The van der Waals surface area contributed by atoms with E-state index in [0.717, 1.165) is 4.90 Å². The zero-order chi connectivity index (χ0) is 12.6. The normalized spacial score (nSPS) is 11.9. The van der Waals surface area contributed by atoms with Gasteiger partial charge in [0.15, 0.2) is 0 Å². The van der Waals surface area contributed by atoms with Crippen LogP contribution in [0.4, 0.5) is 13.2 Å². The van der Waals surface area contributed by atoms with Crippen molar-refractivity contribution in [3.8, 4) is 0 Å². The van der Waals surface area contributed by atoms with Crippen LogP contribution in [0.2, 0.25) is 0 Å². The number of hydrogen-bond donors (Lipinski definition) is 2. The third-order valence-electron chi connectivity index (χ3n) is 1.78. The Hall–Kier alpha value is -0.820. The standard InChI is InChI=1S/C9H17F3N2O2/c1-2-13-8(16)6-14(4-3-5-15)7-9(10,11)12/h15H,2-7H2,1H3,(H,13,16). The molecule has 0 aromatic carbocycles. The fourth-order valence-electron chi connectivity index (χ4n) is 1.22. The van der Waals surface area contributed by atoms with Crippen LogP contribution in [0.15, 0.2) is 0 Å². The van der Waals surface area contributed by atoms with Crippen molar-refractivity contribution in [3.05, 3.63) is 0 Å². The summed E-state index contributed by atoms with van der Waals surface area (Å²) in [5, 5.41) is 11.0. The van der Waals surface area contributed by atoms with E-state index >= 15 is 0 Å². The summed E-state index contributed by atoms with van der Waals surface area (Å²) >= 11 is 0. The molecule has 0 radical (unpaired) electrons. The lowest BCUT2D eigenvalue weighted by Gasteiger charge is -2.22. The average Bonchev–Trinajstić information content (AvgIpc) is 2.12. The molecule has 0 saturated heterocycles. The molecule has 2 N–H and O–H groups in total. The zero-order valence-electron chi connectivity index (χ0n) is 9.18. The number of aliphatic hydroxyl groups is 1. The van der Waals surface area contributed by atoms with Gasteiger partial charge in [-0.25, -0.2) is 0 Å². The van der Waals surface area contributed by atoms with Gasteiger partial charge in [-0.1, -0.05) is 0 Å². The van der Waals surface area contributed by atoms with E-state index in [4.69, 9.17) is 5.11 Å². The predicted molar refractivity (Wildman–Crippen MR) is 52.9 cm³/mol. The van der Waals surface area contributed by atoms with Crippen LogP contribution in [-0.4, -0.2) is 54.9 Å². The molecule has 0 saturated carbocycles. The molecule has 16 heavy (non-hydrogen) atoms. The number of carbonyl (C=O) groups excluding carboxylic acids is 1. The van der Waals surface area contributed by atoms with E-state index in [-0.39, 0.29) is 26.1 Å². The molecular weight excluding hydrogens is 225 g/mol. The topological polar surface area (TPSA) is 52.6 Å². The number of hydrogen-bond acceptors (Lipinski definition) is 3. The number of amides is 1. The molecule has 0 aromatic heterocycles. The van der Waals surface area contributed by atoms with E-state index in [1.807, 2.05) is 0 Å². The first-order valence-corrected chi connectivity index (χ1v) is 5.05. The average molecular weight is 242 g/mol. The Labute approximate surface area is 92.4 Å². The van der Waals surface area contributed by atoms with Crippen molar-refractivity contribution >= 4 is 5.91 Å². The molecule has 96 valence electrons. The predicted octanol–water partition coefficient (Wildman–Crippen LogP) is 0.369. The van der Waals surface area contributed by atoms with Crippen LogP contribution >= 0.6 is 0 Å². The molecule has 1 amide bonds. The molecule has 0 fully saturated rings. The van der Waals surface area contributed by atoms with E-state index in [1.165, 1.54) is 0 Å². The van der Waals surface area contributed by atoms with Crippen molar-refractivity contribution in [2.75, 3.05) is 32.8 Å². The Morgan fingerprint density at radius 1 is 1.44 bits per heavy atom. The van der Waals surface area contributed by atoms with Gasteiger partial charge in [-0.2, -0.15) is 13.2 Å². The first kappa shape index (κ1) is 15.2. The van der Waals surface area contributed by atoms with Gasteiger partial charge in [0.05, 0.1) is 13.1 Å². The second-order valence-electron chi connectivity index (χ2n) is 3.36. The van der Waals surface area contributed by atoms with Gasteiger partial charge in [-0.15, -0.1) is 0 Å². The minimum absolute atomic E-state index is 0.0488. The number of halogens is 3. The van der Waals surface area contributed by atoms with Gasteiger partial charge in [0, 0.05) is 19.7 Å². The van der Waals surface area contributed by atoms with Crippen LogP contribution in [-0.2, 0) is 4.79 Å². The van der Waals surface area contributed by atoms with Gasteiger partial charge in [-0.05, 0) is 13.3 Å². The Morgan fingerprint density at radius 2 is 2.06 bits per heavy atom. The molecule has 0 aliphatic carbocycles. The molecule has 0 aliphatic heterocycles. The summed E-state index contributed by atoms with van der Waals surface area (Å²) in [6, 6.07) is 0. The number of rotatable bonds is 7. The minimum Gasteiger partial charge on any atom is -0.396 e. The Morgan fingerprint density at radius 3 is 2.50 bits per heavy atom. The highest BCUT2D eigenvalue weighted by atomic mass is 19.4. The van der Waals surface area contributed by atoms with Crippen LogP contribution in [0.1, 0.15) is 13.3 Å². The fraction of sp³-hybridized carbons (Fsp3) is 0.889. The van der Waals surface area contributed by atoms with E-state index in [9.17, 15) is 18.0 Å². The number of aliphatic hydroxyl groups excluding tert-OH is 1. The first-order valence-electron chi connectivity index (χ1n) is 5.05. The molecule has 4 nitrogen and oxygen atoms in total. The maximum Gasteiger partial charge on any atom is 0.401 e. The molecule has 0 heterocycles. The van der Waals surface area contributed by atoms with Gasteiger partial charge in [0.25, 0.3) is 0 Å². The molecular formula is C9H17F3N2O2. The van der Waals surface area contributed by atoms with E-state index in [0.29, 0.717) is 6.54 Å². The smallest absolute Gasteiger partial charge is 0.396 e. The Balaban J connectivity index is 4.14. The summed E-state index contributed by atoms with van der Waals surface area (Å²) in [4.78, 5) is 12.1. The van der Waals surface area contributed by atoms with Gasteiger partial charge < -0.3 is 10.4 Å². The van der Waals surface area contributed by atoms with Gasteiger partial charge in [0.1, 0.15) is 0 Å². The summed E-state index contributed by atoms with van der Waals surface area (Å²) in [6.45, 7) is 0.507. The third kappa shape index (κ3) is 8.49. The molecule has 0 atom stereocenters. The lowest BCUT2D eigenvalue weighted by Crippen LogP contribution is -2.42. The number of carbonyl (C=O) groups is 1. The first-order chi connectivity index (χ1) is 7.39. The maximum absolute atomic E-state index is 12.1. The van der Waals surface area contributed by atoms with Gasteiger partial charge in [0.2, 0.25) is 5.91 Å². The SMILES string of the molecule is CCNC(=O)CN(CCCO)CC(F)(F)F. The van der Waals surface area contributed by atoms with Crippen molar-refractivity contribution in [2.24, 2.45) is 0 Å². The van der Waals surface area contributed by atoms with Crippen LogP contribution in [0.5, 0.6) is 0 Å². The molecule has 0 unspecified atom stereocenters. The van der Waals surface area contributed by atoms with E-state index in [2.05, 4.69) is 5.32 Å². The molecule has 0 bridgehead atoms. The minimum atomic E-state index is -4.33. The summed E-state index contributed by atoms with van der Waals surface area (Å²) in [6.07, 6.45) is -4.11. The van der Waals surface area contributed by atoms with Gasteiger partial charge in [-0.3, -0.25) is 9.69 Å². The maximum atomic E-state index is 12.1. The van der Waals surface area contributed by atoms with Crippen LogP contribution in [0.3, 0.4) is 0 Å². The lowest BCUT2D eigenvalue weighted by atomic mass is 10.3. The van der Waals surface area contributed by atoms with Crippen LogP contribution in [0, 0.1) is 0 Å². The van der Waals surface area contributed by atoms with E-state index in [1.54, 1.807) is 6.92 Å². The second kappa shape index (κ2) is 7.45. The number of nitrogens with zero attached hydrogens (tertiary/aromatic N) is 1. The molecule has 0 rings (SSSR count). The highest BCUT2D eigenvalue weighted by Crippen LogP contribution is 2.16. The van der Waals surface area contributed by atoms with Crippen molar-refractivity contribution < 1.29 is 23.1 Å². The monoisotopic (exact) mass is 242 g/mol. The van der Waals surface area contributed by atoms with Crippen LogP contribution < -0.4 is 5.32 Å². The van der Waals surface area contributed by atoms with Crippen molar-refractivity contribution in [1.82, 2.24) is 10.2 Å². The molecule has 7 heteroatoms. The molecule has 0 spiro atoms. The fourth-order valence-corrected chi connectivity index (χ4v) is 1.22. The molecule has 0 aliphatic rings. The Bertz CT molecular complexity index is 209. The Kier molecular flexibility index (Phi) is 7.07. The van der Waals surface area contributed by atoms with Crippen molar-refractivity contribution in [1.29, 1.82) is 0 Å². The zero-order valence-corrected chi connectivity index (χ0v) is 9.18. The third-order valence-corrected chi connectivity index (χ3v) is 1.78. The van der Waals surface area contributed by atoms with Gasteiger partial charge >= 0.3 is 6.18 Å². The number of alkyl halides is 3.